The van der Waals surface area contributed by atoms with Gasteiger partial charge in [-0.3, -0.25) is 9.78 Å². The Morgan fingerprint density at radius 1 is 1.18 bits per heavy atom. The molecule has 0 aliphatic rings. The molecule has 3 aromatic rings. The Hall–Kier alpha value is -2.83. The van der Waals surface area contributed by atoms with Gasteiger partial charge in [0, 0.05) is 17.3 Å². The van der Waals surface area contributed by atoms with Gasteiger partial charge in [-0.15, -0.1) is 0 Å². The summed E-state index contributed by atoms with van der Waals surface area (Å²) in [4.78, 5) is 15.6. The number of nitrogens with one attached hydrogen (secondary N) is 1. The predicted molar refractivity (Wildman–Crippen MR) is 73.4 cm³/mol. The highest BCUT2D eigenvalue weighted by atomic mass is 19.4. The number of carbonyl (C=O) groups excluding carboxylic acids is 1. The maximum Gasteiger partial charge on any atom is 0.418 e. The molecule has 2 heterocycles. The van der Waals surface area contributed by atoms with Crippen molar-refractivity contribution in [1.29, 1.82) is 0 Å². The Bertz CT molecular complexity index is 840. The molecule has 112 valence electrons. The number of hydrogen-bond acceptors (Lipinski definition) is 3. The first-order valence-electron chi connectivity index (χ1n) is 6.26. The van der Waals surface area contributed by atoms with Gasteiger partial charge in [-0.1, -0.05) is 0 Å². The second-order valence-electron chi connectivity index (χ2n) is 4.52. The average Bonchev–Trinajstić information content (AvgIpc) is 2.94. The summed E-state index contributed by atoms with van der Waals surface area (Å²) >= 11 is 0. The second kappa shape index (κ2) is 5.18. The molecule has 2 aromatic heterocycles. The molecule has 0 aliphatic heterocycles. The van der Waals surface area contributed by atoms with E-state index in [4.69, 9.17) is 4.42 Å². The number of halogens is 3. The van der Waals surface area contributed by atoms with Crippen molar-refractivity contribution < 1.29 is 22.4 Å². The number of anilines is 1. The highest BCUT2D eigenvalue weighted by molar-refractivity contribution is 6.04. The summed E-state index contributed by atoms with van der Waals surface area (Å²) in [5.74, 6) is -0.921. The number of aromatic nitrogens is 1. The smallest absolute Gasteiger partial charge is 0.418 e. The summed E-state index contributed by atoms with van der Waals surface area (Å²) in [6.07, 6.45) is -2.02. The molecule has 0 radical (unpaired) electrons. The van der Waals surface area contributed by atoms with Gasteiger partial charge >= 0.3 is 6.18 Å². The quantitative estimate of drug-likeness (QED) is 0.775. The number of furan rings is 1. The van der Waals surface area contributed by atoms with Crippen molar-refractivity contribution in [3.8, 4) is 0 Å². The number of fused-ring (bicyclic) bond motifs is 1. The summed E-state index contributed by atoms with van der Waals surface area (Å²) in [6, 6.07) is 8.41. The third kappa shape index (κ3) is 2.65. The van der Waals surface area contributed by atoms with Crippen molar-refractivity contribution in [3.05, 3.63) is 60.1 Å². The first-order valence-corrected chi connectivity index (χ1v) is 6.26. The van der Waals surface area contributed by atoms with E-state index in [1.807, 2.05) is 0 Å². The van der Waals surface area contributed by atoms with E-state index in [1.165, 1.54) is 6.26 Å². The fourth-order valence-electron chi connectivity index (χ4n) is 2.05. The van der Waals surface area contributed by atoms with Crippen LogP contribution in [-0.4, -0.2) is 10.9 Å². The van der Waals surface area contributed by atoms with Gasteiger partial charge in [0.05, 0.1) is 11.8 Å². The zero-order valence-electron chi connectivity index (χ0n) is 11.0. The van der Waals surface area contributed by atoms with Gasteiger partial charge in [0.2, 0.25) is 0 Å². The molecular formula is C15H9F3N2O2. The van der Waals surface area contributed by atoms with Crippen molar-refractivity contribution in [1.82, 2.24) is 4.98 Å². The van der Waals surface area contributed by atoms with E-state index in [9.17, 15) is 18.0 Å². The minimum Gasteiger partial charge on any atom is -0.464 e. The molecule has 4 nitrogen and oxygen atoms in total. The maximum atomic E-state index is 12.9. The van der Waals surface area contributed by atoms with Crippen LogP contribution in [0.5, 0.6) is 0 Å². The molecular weight excluding hydrogens is 297 g/mol. The average molecular weight is 306 g/mol. The van der Waals surface area contributed by atoms with E-state index in [2.05, 4.69) is 10.3 Å². The normalized spacial score (nSPS) is 11.6. The van der Waals surface area contributed by atoms with Crippen LogP contribution in [-0.2, 0) is 6.18 Å². The van der Waals surface area contributed by atoms with Gasteiger partial charge in [-0.2, -0.15) is 13.2 Å². The Morgan fingerprint density at radius 2 is 2.00 bits per heavy atom. The third-order valence-electron chi connectivity index (χ3n) is 3.04. The van der Waals surface area contributed by atoms with Crippen LogP contribution in [0.2, 0.25) is 0 Å². The van der Waals surface area contributed by atoms with Gasteiger partial charge in [0.15, 0.2) is 0 Å². The van der Waals surface area contributed by atoms with Crippen LogP contribution in [0.15, 0.2) is 53.3 Å². The Labute approximate surface area is 122 Å². The number of rotatable bonds is 2. The second-order valence-corrected chi connectivity index (χ2v) is 4.52. The van der Waals surface area contributed by atoms with E-state index in [-0.39, 0.29) is 0 Å². The molecule has 3 rings (SSSR count). The summed E-state index contributed by atoms with van der Waals surface area (Å²) in [6.45, 7) is 0. The topological polar surface area (TPSA) is 55.1 Å². The molecule has 0 unspecified atom stereocenters. The highest BCUT2D eigenvalue weighted by Crippen LogP contribution is 2.31. The number of benzene rings is 1. The zero-order chi connectivity index (χ0) is 15.7. The minimum atomic E-state index is -4.64. The lowest BCUT2D eigenvalue weighted by atomic mass is 10.1. The summed E-state index contributed by atoms with van der Waals surface area (Å²) < 4.78 is 43.8. The van der Waals surface area contributed by atoms with Crippen LogP contribution in [0, 0.1) is 0 Å². The molecule has 1 N–H and O–H groups in total. The number of alkyl halides is 3. The van der Waals surface area contributed by atoms with Crippen LogP contribution < -0.4 is 5.32 Å². The van der Waals surface area contributed by atoms with Gasteiger partial charge in [0.1, 0.15) is 11.3 Å². The molecule has 0 aliphatic carbocycles. The van der Waals surface area contributed by atoms with E-state index in [1.54, 1.807) is 24.3 Å². The van der Waals surface area contributed by atoms with Gasteiger partial charge < -0.3 is 9.73 Å². The van der Waals surface area contributed by atoms with Gasteiger partial charge in [-0.05, 0) is 36.4 Å². The molecule has 0 fully saturated rings. The van der Waals surface area contributed by atoms with Crippen LogP contribution in [0.3, 0.4) is 0 Å². The molecule has 0 spiro atoms. The minimum absolute atomic E-state index is 0.359. The number of pyridine rings is 1. The van der Waals surface area contributed by atoms with Crippen LogP contribution in [0.1, 0.15) is 16.1 Å². The monoisotopic (exact) mass is 306 g/mol. The fourth-order valence-corrected chi connectivity index (χ4v) is 2.05. The SMILES string of the molecule is O=C(Nc1ccc2occc2c1)c1ncccc1C(F)(F)F. The first-order chi connectivity index (χ1) is 10.4. The molecule has 22 heavy (non-hydrogen) atoms. The van der Waals surface area contributed by atoms with Crippen LogP contribution >= 0.6 is 0 Å². The molecule has 0 saturated heterocycles. The molecule has 0 bridgehead atoms. The van der Waals surface area contributed by atoms with E-state index in [0.717, 1.165) is 23.7 Å². The maximum absolute atomic E-state index is 12.9. The number of hydrogen-bond donors (Lipinski definition) is 1. The van der Waals surface area contributed by atoms with Crippen molar-refractivity contribution in [2.75, 3.05) is 5.32 Å². The highest BCUT2D eigenvalue weighted by Gasteiger charge is 2.35. The summed E-state index contributed by atoms with van der Waals surface area (Å²) in [7, 11) is 0. The van der Waals surface area contributed by atoms with Crippen LogP contribution in [0.25, 0.3) is 11.0 Å². The number of amides is 1. The van der Waals surface area contributed by atoms with Crippen molar-refractivity contribution in [2.24, 2.45) is 0 Å². The Balaban J connectivity index is 1.91. The molecule has 7 heteroatoms. The lowest BCUT2D eigenvalue weighted by Gasteiger charge is -2.11. The molecule has 1 amide bonds. The number of carbonyl (C=O) groups is 1. The standard InChI is InChI=1S/C15H9F3N2O2/c16-15(17,18)11-2-1-6-19-13(11)14(21)20-10-3-4-12-9(8-10)5-7-22-12/h1-8H,(H,20,21). The van der Waals surface area contributed by atoms with Crippen molar-refractivity contribution >= 4 is 22.6 Å². The van der Waals surface area contributed by atoms with Crippen LogP contribution in [0.4, 0.5) is 18.9 Å². The lowest BCUT2D eigenvalue weighted by Crippen LogP contribution is -2.20. The molecule has 0 saturated carbocycles. The molecule has 0 atom stereocenters. The largest absolute Gasteiger partial charge is 0.464 e. The first kappa shape index (κ1) is 14.1. The zero-order valence-corrected chi connectivity index (χ0v) is 11.0. The van der Waals surface area contributed by atoms with Gasteiger partial charge in [-0.25, -0.2) is 0 Å². The molecule has 1 aromatic carbocycles. The van der Waals surface area contributed by atoms with E-state index in [0.29, 0.717) is 11.3 Å². The number of nitrogens with zero attached hydrogens (tertiary/aromatic N) is 1. The fraction of sp³-hybridized carbons (Fsp3) is 0.0667. The van der Waals surface area contributed by atoms with Gasteiger partial charge in [0.25, 0.3) is 5.91 Å². The summed E-state index contributed by atoms with van der Waals surface area (Å²) in [5.41, 5.74) is -0.760. The Kier molecular flexibility index (Phi) is 3.32. The Morgan fingerprint density at radius 3 is 2.77 bits per heavy atom. The van der Waals surface area contributed by atoms with Crippen molar-refractivity contribution in [2.45, 2.75) is 6.18 Å². The van der Waals surface area contributed by atoms with E-state index < -0.39 is 23.3 Å². The lowest BCUT2D eigenvalue weighted by molar-refractivity contribution is -0.138. The summed E-state index contributed by atoms with van der Waals surface area (Å²) in [5, 5.41) is 3.14. The van der Waals surface area contributed by atoms with E-state index >= 15 is 0 Å². The predicted octanol–water partition coefficient (Wildman–Crippen LogP) is 4.10. The third-order valence-corrected chi connectivity index (χ3v) is 3.04. The van der Waals surface area contributed by atoms with Crippen molar-refractivity contribution in [3.63, 3.8) is 0 Å².